The van der Waals surface area contributed by atoms with Gasteiger partial charge in [0.2, 0.25) is 0 Å². The average molecular weight is 170 g/mol. The zero-order chi connectivity index (χ0) is 9.56. The third kappa shape index (κ3) is 2.35. The number of nitrogens with two attached hydrogens (primary N) is 1. The molecule has 0 aliphatic rings. The number of rotatable bonds is 1. The first-order valence-corrected chi connectivity index (χ1v) is 3.76. The zero-order valence-electron chi connectivity index (χ0n) is 7.51. The Morgan fingerprint density at radius 1 is 1.67 bits per heavy atom. The van der Waals surface area contributed by atoms with E-state index in [9.17, 15) is 4.79 Å². The van der Waals surface area contributed by atoms with Crippen molar-refractivity contribution in [2.24, 2.45) is 5.84 Å². The van der Waals surface area contributed by atoms with Crippen molar-refractivity contribution in [3.05, 3.63) is 17.5 Å². The molecular formula is C7H14N4O. The lowest BCUT2D eigenvalue weighted by atomic mass is 10.3. The van der Waals surface area contributed by atoms with Crippen molar-refractivity contribution in [3.63, 3.8) is 0 Å². The first-order chi connectivity index (χ1) is 5.75. The first kappa shape index (κ1) is 10.6. The highest BCUT2D eigenvalue weighted by atomic mass is 16.2. The molecule has 0 saturated carbocycles. The molecule has 0 bridgehead atoms. The minimum Gasteiger partial charge on any atom is -0.289 e. The maximum Gasteiger partial charge on any atom is 0.283 e. The lowest BCUT2D eigenvalue weighted by Crippen LogP contribution is -2.30. The fourth-order valence-corrected chi connectivity index (χ4v) is 0.648. The quantitative estimate of drug-likeness (QED) is 0.323. The molecule has 0 aliphatic carbocycles. The molecule has 1 aromatic rings. The van der Waals surface area contributed by atoms with E-state index >= 15 is 0 Å². The van der Waals surface area contributed by atoms with Gasteiger partial charge in [0, 0.05) is 0 Å². The van der Waals surface area contributed by atoms with Crippen LogP contribution in [0.1, 0.15) is 29.9 Å². The molecule has 0 fully saturated rings. The molecule has 5 heteroatoms. The SMILES string of the molecule is CC.Cc1cn[nH]c1C(=O)NN. The molecule has 0 saturated heterocycles. The van der Waals surface area contributed by atoms with Gasteiger partial charge in [-0.15, -0.1) is 0 Å². The molecule has 1 aromatic heterocycles. The number of hydrazine groups is 1. The standard InChI is InChI=1S/C5H8N4O.C2H6/c1-3-2-7-9-4(3)5(10)8-6;1-2/h2H,6H2,1H3,(H,7,9)(H,8,10);1-2H3. The van der Waals surface area contributed by atoms with E-state index in [1.54, 1.807) is 13.1 Å². The van der Waals surface area contributed by atoms with Crippen molar-refractivity contribution in [2.75, 3.05) is 0 Å². The van der Waals surface area contributed by atoms with E-state index in [1.165, 1.54) is 0 Å². The van der Waals surface area contributed by atoms with Gasteiger partial charge in [0.25, 0.3) is 5.91 Å². The van der Waals surface area contributed by atoms with Crippen LogP contribution in [0.2, 0.25) is 0 Å². The van der Waals surface area contributed by atoms with Crippen molar-refractivity contribution in [2.45, 2.75) is 20.8 Å². The Balaban J connectivity index is 0.000000561. The number of aromatic amines is 1. The van der Waals surface area contributed by atoms with E-state index in [0.717, 1.165) is 5.56 Å². The van der Waals surface area contributed by atoms with Crippen LogP contribution in [-0.4, -0.2) is 16.1 Å². The van der Waals surface area contributed by atoms with Gasteiger partial charge in [0.05, 0.1) is 6.20 Å². The fourth-order valence-electron chi connectivity index (χ4n) is 0.648. The number of aromatic nitrogens is 2. The Morgan fingerprint density at radius 3 is 2.58 bits per heavy atom. The van der Waals surface area contributed by atoms with Gasteiger partial charge in [-0.25, -0.2) is 5.84 Å². The summed E-state index contributed by atoms with van der Waals surface area (Å²) in [4.78, 5) is 10.8. The summed E-state index contributed by atoms with van der Waals surface area (Å²) in [5, 5.41) is 6.16. The number of nitrogens with one attached hydrogen (secondary N) is 2. The molecular weight excluding hydrogens is 156 g/mol. The summed E-state index contributed by atoms with van der Waals surface area (Å²) in [6.07, 6.45) is 1.56. The number of H-pyrrole nitrogens is 1. The van der Waals surface area contributed by atoms with Crippen LogP contribution >= 0.6 is 0 Å². The van der Waals surface area contributed by atoms with Crippen LogP contribution in [0.5, 0.6) is 0 Å². The van der Waals surface area contributed by atoms with E-state index in [0.29, 0.717) is 5.69 Å². The van der Waals surface area contributed by atoms with Crippen LogP contribution in [0.4, 0.5) is 0 Å². The number of hydrogen-bond acceptors (Lipinski definition) is 3. The highest BCUT2D eigenvalue weighted by Gasteiger charge is 2.07. The van der Waals surface area contributed by atoms with Crippen molar-refractivity contribution in [1.82, 2.24) is 15.6 Å². The minimum absolute atomic E-state index is 0.352. The summed E-state index contributed by atoms with van der Waals surface area (Å²) in [6.45, 7) is 5.77. The number of amides is 1. The maximum atomic E-state index is 10.8. The molecule has 5 nitrogen and oxygen atoms in total. The van der Waals surface area contributed by atoms with E-state index in [2.05, 4.69) is 10.2 Å². The summed E-state index contributed by atoms with van der Waals surface area (Å²) in [7, 11) is 0. The van der Waals surface area contributed by atoms with Crippen LogP contribution in [0.25, 0.3) is 0 Å². The van der Waals surface area contributed by atoms with E-state index in [-0.39, 0.29) is 5.91 Å². The Hall–Kier alpha value is -1.36. The van der Waals surface area contributed by atoms with Gasteiger partial charge >= 0.3 is 0 Å². The van der Waals surface area contributed by atoms with Gasteiger partial charge in [-0.3, -0.25) is 15.3 Å². The largest absolute Gasteiger partial charge is 0.289 e. The predicted molar refractivity (Wildman–Crippen MR) is 46.3 cm³/mol. The maximum absolute atomic E-state index is 10.8. The van der Waals surface area contributed by atoms with Crippen molar-refractivity contribution < 1.29 is 4.79 Å². The molecule has 0 aromatic carbocycles. The number of carbonyl (C=O) groups excluding carboxylic acids is 1. The molecule has 0 radical (unpaired) electrons. The van der Waals surface area contributed by atoms with Gasteiger partial charge in [-0.05, 0) is 12.5 Å². The lowest BCUT2D eigenvalue weighted by Gasteiger charge is -1.94. The number of hydrogen-bond donors (Lipinski definition) is 3. The molecule has 0 spiro atoms. The Labute approximate surface area is 71.3 Å². The molecule has 1 rings (SSSR count). The highest BCUT2D eigenvalue weighted by molar-refractivity contribution is 5.92. The molecule has 1 heterocycles. The monoisotopic (exact) mass is 170 g/mol. The molecule has 68 valence electrons. The second-order valence-corrected chi connectivity index (χ2v) is 1.90. The third-order valence-electron chi connectivity index (χ3n) is 1.19. The van der Waals surface area contributed by atoms with E-state index < -0.39 is 0 Å². The van der Waals surface area contributed by atoms with Gasteiger partial charge < -0.3 is 0 Å². The summed E-state index contributed by atoms with van der Waals surface area (Å²) >= 11 is 0. The summed E-state index contributed by atoms with van der Waals surface area (Å²) in [6, 6.07) is 0. The number of carbonyl (C=O) groups is 1. The molecule has 0 unspecified atom stereocenters. The smallest absolute Gasteiger partial charge is 0.283 e. The number of nitrogens with zero attached hydrogens (tertiary/aromatic N) is 1. The van der Waals surface area contributed by atoms with E-state index in [1.807, 2.05) is 19.3 Å². The minimum atomic E-state index is -0.352. The molecule has 0 atom stereocenters. The van der Waals surface area contributed by atoms with Gasteiger partial charge in [-0.1, -0.05) is 13.8 Å². The summed E-state index contributed by atoms with van der Waals surface area (Å²) in [5.41, 5.74) is 3.18. The molecule has 1 amide bonds. The van der Waals surface area contributed by atoms with Crippen LogP contribution in [0, 0.1) is 6.92 Å². The fraction of sp³-hybridized carbons (Fsp3) is 0.429. The van der Waals surface area contributed by atoms with Gasteiger partial charge in [0.1, 0.15) is 5.69 Å². The topological polar surface area (TPSA) is 83.8 Å². The first-order valence-electron chi connectivity index (χ1n) is 3.76. The second kappa shape index (κ2) is 5.31. The highest BCUT2D eigenvalue weighted by Crippen LogP contribution is 1.99. The second-order valence-electron chi connectivity index (χ2n) is 1.90. The lowest BCUT2D eigenvalue weighted by molar-refractivity contribution is 0.0948. The van der Waals surface area contributed by atoms with Crippen LogP contribution in [0.3, 0.4) is 0 Å². The van der Waals surface area contributed by atoms with E-state index in [4.69, 9.17) is 5.84 Å². The normalized spacial score (nSPS) is 8.33. The predicted octanol–water partition coefficient (Wildman–Crippen LogP) is 0.348. The van der Waals surface area contributed by atoms with Gasteiger partial charge in [0.15, 0.2) is 0 Å². The van der Waals surface area contributed by atoms with Crippen molar-refractivity contribution in [1.29, 1.82) is 0 Å². The Bertz CT molecular complexity index is 243. The summed E-state index contributed by atoms with van der Waals surface area (Å²) < 4.78 is 0. The third-order valence-corrected chi connectivity index (χ3v) is 1.19. The summed E-state index contributed by atoms with van der Waals surface area (Å²) in [5.74, 6) is 4.53. The zero-order valence-corrected chi connectivity index (χ0v) is 7.51. The van der Waals surface area contributed by atoms with Gasteiger partial charge in [-0.2, -0.15) is 5.10 Å². The number of nitrogen functional groups attached to an aromatic ring is 1. The molecule has 12 heavy (non-hydrogen) atoms. The average Bonchev–Trinajstić information content (AvgIpc) is 2.54. The molecule has 4 N–H and O–H groups in total. The molecule has 0 aliphatic heterocycles. The van der Waals surface area contributed by atoms with Crippen LogP contribution < -0.4 is 11.3 Å². The van der Waals surface area contributed by atoms with Crippen molar-refractivity contribution in [3.8, 4) is 0 Å². The van der Waals surface area contributed by atoms with Crippen LogP contribution in [-0.2, 0) is 0 Å². The Kier molecular flexibility index (Phi) is 4.71. The van der Waals surface area contributed by atoms with Crippen LogP contribution in [0.15, 0.2) is 6.20 Å². The van der Waals surface area contributed by atoms with Crippen molar-refractivity contribution >= 4 is 5.91 Å². The number of aryl methyl sites for hydroxylation is 1. The Morgan fingerprint density at radius 2 is 2.25 bits per heavy atom.